The summed E-state index contributed by atoms with van der Waals surface area (Å²) in [5, 5.41) is 11.5. The SMILES string of the molecule is CCCCNC(=O)CN(CCC(=O)O)C(C)CC. The number of hydrogen-bond donors (Lipinski definition) is 2. The number of rotatable bonds is 10. The molecule has 2 N–H and O–H groups in total. The fraction of sp³-hybridized carbons (Fsp3) is 0.846. The number of carbonyl (C=O) groups is 2. The van der Waals surface area contributed by atoms with Gasteiger partial charge in [0.25, 0.3) is 0 Å². The molecule has 0 aromatic carbocycles. The number of carboxylic acids is 1. The quantitative estimate of drug-likeness (QED) is 0.582. The Labute approximate surface area is 110 Å². The summed E-state index contributed by atoms with van der Waals surface area (Å²) in [5.74, 6) is -0.844. The molecule has 0 radical (unpaired) electrons. The minimum absolute atomic E-state index is 0.0193. The molecule has 0 heterocycles. The van der Waals surface area contributed by atoms with E-state index in [9.17, 15) is 9.59 Å². The van der Waals surface area contributed by atoms with Gasteiger partial charge < -0.3 is 10.4 Å². The van der Waals surface area contributed by atoms with Crippen LogP contribution in [0.25, 0.3) is 0 Å². The second-order valence-electron chi connectivity index (χ2n) is 4.57. The van der Waals surface area contributed by atoms with E-state index in [0.29, 0.717) is 13.1 Å². The van der Waals surface area contributed by atoms with Crippen LogP contribution in [-0.2, 0) is 9.59 Å². The smallest absolute Gasteiger partial charge is 0.304 e. The molecule has 0 saturated carbocycles. The summed E-state index contributed by atoms with van der Waals surface area (Å²) in [6.45, 7) is 7.53. The standard InChI is InChI=1S/C13H26N2O3/c1-4-6-8-14-12(16)10-15(11(3)5-2)9-7-13(17)18/h11H,4-10H2,1-3H3,(H,14,16)(H,17,18). The van der Waals surface area contributed by atoms with Crippen molar-refractivity contribution in [1.82, 2.24) is 10.2 Å². The van der Waals surface area contributed by atoms with Crippen LogP contribution < -0.4 is 5.32 Å². The molecule has 106 valence electrons. The highest BCUT2D eigenvalue weighted by Crippen LogP contribution is 2.04. The number of hydrogen-bond acceptors (Lipinski definition) is 3. The monoisotopic (exact) mass is 258 g/mol. The van der Waals surface area contributed by atoms with Crippen molar-refractivity contribution < 1.29 is 14.7 Å². The molecule has 5 nitrogen and oxygen atoms in total. The van der Waals surface area contributed by atoms with Crippen LogP contribution in [0.3, 0.4) is 0 Å². The van der Waals surface area contributed by atoms with Crippen LogP contribution in [0.15, 0.2) is 0 Å². The summed E-state index contributed by atoms with van der Waals surface area (Å²) in [7, 11) is 0. The second kappa shape index (κ2) is 9.88. The normalized spacial score (nSPS) is 12.4. The molecule has 0 rings (SSSR count). The van der Waals surface area contributed by atoms with E-state index in [2.05, 4.69) is 12.2 Å². The van der Waals surface area contributed by atoms with E-state index in [4.69, 9.17) is 5.11 Å². The van der Waals surface area contributed by atoms with E-state index in [1.807, 2.05) is 18.7 Å². The van der Waals surface area contributed by atoms with Gasteiger partial charge in [0.1, 0.15) is 0 Å². The van der Waals surface area contributed by atoms with Gasteiger partial charge in [0.15, 0.2) is 0 Å². The number of aliphatic carboxylic acids is 1. The maximum atomic E-state index is 11.7. The molecule has 1 atom stereocenters. The van der Waals surface area contributed by atoms with Crippen LogP contribution >= 0.6 is 0 Å². The molecule has 0 aromatic rings. The van der Waals surface area contributed by atoms with Crippen molar-refractivity contribution in [1.29, 1.82) is 0 Å². The van der Waals surface area contributed by atoms with Crippen LogP contribution in [-0.4, -0.2) is 47.6 Å². The number of unbranched alkanes of at least 4 members (excludes halogenated alkanes) is 1. The van der Waals surface area contributed by atoms with Crippen molar-refractivity contribution in [2.45, 2.75) is 52.5 Å². The van der Waals surface area contributed by atoms with Gasteiger partial charge in [-0.25, -0.2) is 0 Å². The van der Waals surface area contributed by atoms with Gasteiger partial charge in [-0.1, -0.05) is 20.3 Å². The molecule has 5 heteroatoms. The lowest BCUT2D eigenvalue weighted by Gasteiger charge is -2.27. The Morgan fingerprint density at radius 3 is 2.50 bits per heavy atom. The minimum atomic E-state index is -0.824. The lowest BCUT2D eigenvalue weighted by atomic mass is 10.2. The summed E-state index contributed by atoms with van der Waals surface area (Å²) < 4.78 is 0. The Balaban J connectivity index is 4.13. The first-order valence-electron chi connectivity index (χ1n) is 6.73. The van der Waals surface area contributed by atoms with Gasteiger partial charge in [0.05, 0.1) is 13.0 Å². The molecule has 0 aromatic heterocycles. The molecule has 0 fully saturated rings. The number of nitrogens with one attached hydrogen (secondary N) is 1. The maximum Gasteiger partial charge on any atom is 0.304 e. The van der Waals surface area contributed by atoms with Crippen molar-refractivity contribution in [3.05, 3.63) is 0 Å². The molecule has 0 saturated heterocycles. The number of carboxylic acid groups (broad SMARTS) is 1. The van der Waals surface area contributed by atoms with Crippen molar-refractivity contribution in [3.63, 3.8) is 0 Å². The molecule has 0 aliphatic carbocycles. The van der Waals surface area contributed by atoms with Gasteiger partial charge in [0.2, 0.25) is 5.91 Å². The number of nitrogens with zero attached hydrogens (tertiary/aromatic N) is 1. The summed E-state index contributed by atoms with van der Waals surface area (Å²) in [4.78, 5) is 24.2. The Morgan fingerprint density at radius 2 is 2.00 bits per heavy atom. The highest BCUT2D eigenvalue weighted by atomic mass is 16.4. The third kappa shape index (κ3) is 8.06. The van der Waals surface area contributed by atoms with Gasteiger partial charge in [-0.05, 0) is 19.8 Å². The summed E-state index contributed by atoms with van der Waals surface area (Å²) >= 11 is 0. The Bertz CT molecular complexity index is 257. The molecular weight excluding hydrogens is 232 g/mol. The molecule has 18 heavy (non-hydrogen) atoms. The zero-order valence-corrected chi connectivity index (χ0v) is 11.7. The third-order valence-corrected chi connectivity index (χ3v) is 3.03. The molecular formula is C13H26N2O3. The van der Waals surface area contributed by atoms with Crippen LogP contribution in [0.2, 0.25) is 0 Å². The van der Waals surface area contributed by atoms with Crippen LogP contribution in [0.4, 0.5) is 0 Å². The van der Waals surface area contributed by atoms with Crippen LogP contribution in [0.1, 0.15) is 46.5 Å². The Hall–Kier alpha value is -1.10. The first kappa shape index (κ1) is 16.9. The average Bonchev–Trinajstić information content (AvgIpc) is 2.33. The predicted molar refractivity (Wildman–Crippen MR) is 71.5 cm³/mol. The van der Waals surface area contributed by atoms with Crippen molar-refractivity contribution >= 4 is 11.9 Å². The fourth-order valence-corrected chi connectivity index (χ4v) is 1.60. The molecule has 0 bridgehead atoms. The van der Waals surface area contributed by atoms with Gasteiger partial charge >= 0.3 is 5.97 Å². The largest absolute Gasteiger partial charge is 0.481 e. The number of carbonyl (C=O) groups excluding carboxylic acids is 1. The van der Waals surface area contributed by atoms with E-state index >= 15 is 0 Å². The average molecular weight is 258 g/mol. The Morgan fingerprint density at radius 1 is 1.33 bits per heavy atom. The third-order valence-electron chi connectivity index (χ3n) is 3.03. The van der Waals surface area contributed by atoms with E-state index in [1.165, 1.54) is 0 Å². The van der Waals surface area contributed by atoms with E-state index in [1.54, 1.807) is 0 Å². The van der Waals surface area contributed by atoms with E-state index in [0.717, 1.165) is 19.3 Å². The minimum Gasteiger partial charge on any atom is -0.481 e. The molecule has 1 unspecified atom stereocenters. The zero-order chi connectivity index (χ0) is 14.0. The predicted octanol–water partition coefficient (Wildman–Crippen LogP) is 1.48. The lowest BCUT2D eigenvalue weighted by molar-refractivity contribution is -0.138. The topological polar surface area (TPSA) is 69.6 Å². The first-order valence-corrected chi connectivity index (χ1v) is 6.73. The van der Waals surface area contributed by atoms with Gasteiger partial charge in [0, 0.05) is 19.1 Å². The van der Waals surface area contributed by atoms with E-state index in [-0.39, 0.29) is 24.9 Å². The van der Waals surface area contributed by atoms with Gasteiger partial charge in [-0.3, -0.25) is 14.5 Å². The van der Waals surface area contributed by atoms with Crippen LogP contribution in [0.5, 0.6) is 0 Å². The first-order chi connectivity index (χ1) is 8.51. The lowest BCUT2D eigenvalue weighted by Crippen LogP contribution is -2.42. The summed E-state index contributed by atoms with van der Waals surface area (Å²) in [5.41, 5.74) is 0. The zero-order valence-electron chi connectivity index (χ0n) is 11.7. The molecule has 1 amide bonds. The Kier molecular flexibility index (Phi) is 9.28. The summed E-state index contributed by atoms with van der Waals surface area (Å²) in [6, 6.07) is 0.223. The molecule has 0 spiro atoms. The van der Waals surface area contributed by atoms with Crippen molar-refractivity contribution in [2.24, 2.45) is 0 Å². The number of amides is 1. The van der Waals surface area contributed by atoms with Crippen molar-refractivity contribution in [3.8, 4) is 0 Å². The van der Waals surface area contributed by atoms with Crippen molar-refractivity contribution in [2.75, 3.05) is 19.6 Å². The van der Waals surface area contributed by atoms with Crippen LogP contribution in [0, 0.1) is 0 Å². The van der Waals surface area contributed by atoms with E-state index < -0.39 is 5.97 Å². The maximum absolute atomic E-state index is 11.7. The highest BCUT2D eigenvalue weighted by molar-refractivity contribution is 5.78. The molecule has 0 aliphatic heterocycles. The van der Waals surface area contributed by atoms with Gasteiger partial charge in [-0.2, -0.15) is 0 Å². The fourth-order valence-electron chi connectivity index (χ4n) is 1.60. The summed E-state index contributed by atoms with van der Waals surface area (Å²) in [6.07, 6.45) is 3.01. The van der Waals surface area contributed by atoms with Gasteiger partial charge in [-0.15, -0.1) is 0 Å². The highest BCUT2D eigenvalue weighted by Gasteiger charge is 2.16. The molecule has 0 aliphatic rings. The second-order valence-corrected chi connectivity index (χ2v) is 4.57.